The van der Waals surface area contributed by atoms with E-state index in [0.29, 0.717) is 31.7 Å². The van der Waals surface area contributed by atoms with E-state index in [1.807, 2.05) is 20.8 Å². The highest BCUT2D eigenvalue weighted by Crippen LogP contribution is 2.34. The maximum absolute atomic E-state index is 12.1. The van der Waals surface area contributed by atoms with Crippen LogP contribution in [0.15, 0.2) is 12.1 Å². The number of halogens is 1. The number of nitrogens with zero attached hydrogens (tertiary/aromatic N) is 1. The predicted molar refractivity (Wildman–Crippen MR) is 96.4 cm³/mol. The molecule has 144 valence electrons. The van der Waals surface area contributed by atoms with Gasteiger partial charge in [-0.05, 0) is 26.8 Å². The second-order valence-corrected chi connectivity index (χ2v) is 7.48. The van der Waals surface area contributed by atoms with Crippen molar-refractivity contribution in [3.05, 3.63) is 22.7 Å². The molecule has 7 nitrogen and oxygen atoms in total. The quantitative estimate of drug-likeness (QED) is 0.847. The number of carboxylic acids is 1. The molecular weight excluding hydrogens is 362 g/mol. The van der Waals surface area contributed by atoms with Crippen molar-refractivity contribution >= 4 is 23.7 Å². The van der Waals surface area contributed by atoms with Gasteiger partial charge in [0.2, 0.25) is 0 Å². The van der Waals surface area contributed by atoms with Crippen LogP contribution in [0.4, 0.5) is 4.79 Å². The molecule has 8 heteroatoms. The van der Waals surface area contributed by atoms with Gasteiger partial charge < -0.3 is 24.2 Å². The van der Waals surface area contributed by atoms with Gasteiger partial charge in [-0.25, -0.2) is 9.59 Å². The van der Waals surface area contributed by atoms with Gasteiger partial charge in [-0.2, -0.15) is 0 Å². The SMILES string of the molecule is COc1cc(OC2CCN(C(=O)OC(C)(C)C)CC2)c(Cl)cc1C(=O)O. The summed E-state index contributed by atoms with van der Waals surface area (Å²) in [4.78, 5) is 24.9. The average molecular weight is 386 g/mol. The number of carbonyl (C=O) groups is 2. The number of rotatable bonds is 4. The van der Waals surface area contributed by atoms with Crippen molar-refractivity contribution < 1.29 is 28.9 Å². The Morgan fingerprint density at radius 2 is 1.81 bits per heavy atom. The number of methoxy groups -OCH3 is 1. The van der Waals surface area contributed by atoms with E-state index in [4.69, 9.17) is 30.9 Å². The third-order valence-corrected chi connectivity index (χ3v) is 4.17. The van der Waals surface area contributed by atoms with Crippen molar-refractivity contribution in [1.82, 2.24) is 4.90 Å². The Hall–Kier alpha value is -2.15. The fourth-order valence-electron chi connectivity index (χ4n) is 2.62. The maximum atomic E-state index is 12.1. The zero-order valence-electron chi connectivity index (χ0n) is 15.4. The Kier molecular flexibility index (Phi) is 6.23. The second-order valence-electron chi connectivity index (χ2n) is 7.07. The zero-order chi connectivity index (χ0) is 19.5. The molecule has 1 saturated heterocycles. The second kappa shape index (κ2) is 8.03. The van der Waals surface area contributed by atoms with Crippen molar-refractivity contribution in [2.24, 2.45) is 0 Å². The molecule has 0 aromatic heterocycles. The van der Waals surface area contributed by atoms with E-state index >= 15 is 0 Å². The molecule has 2 rings (SSSR count). The summed E-state index contributed by atoms with van der Waals surface area (Å²) in [6, 6.07) is 2.79. The van der Waals surface area contributed by atoms with Crippen molar-refractivity contribution in [1.29, 1.82) is 0 Å². The summed E-state index contributed by atoms with van der Waals surface area (Å²) in [5, 5.41) is 9.37. The third kappa shape index (κ3) is 5.17. The van der Waals surface area contributed by atoms with Gasteiger partial charge in [0.25, 0.3) is 0 Å². The summed E-state index contributed by atoms with van der Waals surface area (Å²) in [5.41, 5.74) is -0.551. The first kappa shape index (κ1) is 20.2. The molecule has 0 atom stereocenters. The molecule has 26 heavy (non-hydrogen) atoms. The normalized spacial score (nSPS) is 15.5. The zero-order valence-corrected chi connectivity index (χ0v) is 16.1. The molecule has 0 saturated carbocycles. The van der Waals surface area contributed by atoms with E-state index < -0.39 is 11.6 Å². The highest BCUT2D eigenvalue weighted by molar-refractivity contribution is 6.32. The lowest BCUT2D eigenvalue weighted by Crippen LogP contribution is -2.44. The molecule has 1 aromatic carbocycles. The highest BCUT2D eigenvalue weighted by atomic mass is 35.5. The summed E-state index contributed by atoms with van der Waals surface area (Å²) < 4.78 is 16.4. The van der Waals surface area contributed by atoms with E-state index in [9.17, 15) is 9.59 Å². The van der Waals surface area contributed by atoms with Crippen LogP contribution in [0.3, 0.4) is 0 Å². The lowest BCUT2D eigenvalue weighted by molar-refractivity contribution is 0.0126. The molecule has 0 unspecified atom stereocenters. The molecule has 0 spiro atoms. The van der Waals surface area contributed by atoms with Gasteiger partial charge in [0, 0.05) is 32.0 Å². The molecule has 1 fully saturated rings. The molecule has 0 radical (unpaired) electrons. The van der Waals surface area contributed by atoms with Crippen LogP contribution >= 0.6 is 11.6 Å². The largest absolute Gasteiger partial charge is 0.496 e. The number of carboxylic acid groups (broad SMARTS) is 1. The average Bonchev–Trinajstić information content (AvgIpc) is 2.55. The number of piperidine rings is 1. The lowest BCUT2D eigenvalue weighted by atomic mass is 10.1. The number of likely N-dealkylation sites (tertiary alicyclic amines) is 1. The maximum Gasteiger partial charge on any atom is 0.410 e. The van der Waals surface area contributed by atoms with Crippen molar-refractivity contribution in [3.63, 3.8) is 0 Å². The van der Waals surface area contributed by atoms with E-state index in [1.54, 1.807) is 4.90 Å². The van der Waals surface area contributed by atoms with Crippen LogP contribution in [0, 0.1) is 0 Å². The van der Waals surface area contributed by atoms with Crippen molar-refractivity contribution in [2.45, 2.75) is 45.3 Å². The van der Waals surface area contributed by atoms with Crippen molar-refractivity contribution in [3.8, 4) is 11.5 Å². The first-order valence-corrected chi connectivity index (χ1v) is 8.74. The standard InChI is InChI=1S/C18H24ClNO6/c1-18(2,3)26-17(23)20-7-5-11(6-8-20)25-15-10-14(24-4)12(16(21)22)9-13(15)19/h9-11H,5-8H2,1-4H3,(H,21,22). The minimum absolute atomic E-state index is 0.0235. The van der Waals surface area contributed by atoms with Crippen molar-refractivity contribution in [2.75, 3.05) is 20.2 Å². The fraction of sp³-hybridized carbons (Fsp3) is 0.556. The van der Waals surface area contributed by atoms with Crippen LogP contribution in [-0.2, 0) is 4.74 Å². The van der Waals surface area contributed by atoms with Gasteiger partial charge in [0.1, 0.15) is 28.8 Å². The summed E-state index contributed by atoms with van der Waals surface area (Å²) in [6.07, 6.45) is 0.782. The van der Waals surface area contributed by atoms with Gasteiger partial charge in [-0.1, -0.05) is 11.6 Å². The number of aromatic carboxylic acids is 1. The highest BCUT2D eigenvalue weighted by Gasteiger charge is 2.28. The number of benzene rings is 1. The topological polar surface area (TPSA) is 85.3 Å². The predicted octanol–water partition coefficient (Wildman–Crippen LogP) is 3.83. The van der Waals surface area contributed by atoms with Gasteiger partial charge in [0.15, 0.2) is 0 Å². The smallest absolute Gasteiger partial charge is 0.410 e. The van der Waals surface area contributed by atoms with Crippen LogP contribution in [0.2, 0.25) is 5.02 Å². The Labute approximate surface area is 157 Å². The molecule has 1 aromatic rings. The fourth-order valence-corrected chi connectivity index (χ4v) is 2.83. The van der Waals surface area contributed by atoms with Gasteiger partial charge in [0.05, 0.1) is 12.1 Å². The van der Waals surface area contributed by atoms with Crippen LogP contribution in [0.5, 0.6) is 11.5 Å². The van der Waals surface area contributed by atoms with E-state index in [0.717, 1.165) is 0 Å². The molecule has 1 aliphatic heterocycles. The molecular formula is C18H24ClNO6. The Balaban J connectivity index is 1.99. The van der Waals surface area contributed by atoms with Gasteiger partial charge in [-0.3, -0.25) is 0 Å². The first-order valence-electron chi connectivity index (χ1n) is 8.36. The number of carbonyl (C=O) groups excluding carboxylic acids is 1. The number of amides is 1. The van der Waals surface area contributed by atoms with Crippen LogP contribution < -0.4 is 9.47 Å². The van der Waals surface area contributed by atoms with Crippen LogP contribution in [0.25, 0.3) is 0 Å². The van der Waals surface area contributed by atoms with Gasteiger partial charge >= 0.3 is 12.1 Å². The Bertz CT molecular complexity index is 677. The summed E-state index contributed by atoms with van der Waals surface area (Å²) in [5.74, 6) is -0.576. The summed E-state index contributed by atoms with van der Waals surface area (Å²) in [6.45, 7) is 6.52. The molecule has 1 amide bonds. The molecule has 0 aliphatic carbocycles. The van der Waals surface area contributed by atoms with E-state index in [2.05, 4.69) is 0 Å². The number of hydrogen-bond donors (Lipinski definition) is 1. The lowest BCUT2D eigenvalue weighted by Gasteiger charge is -2.33. The van der Waals surface area contributed by atoms with E-state index in [1.165, 1.54) is 19.2 Å². The molecule has 1 aliphatic rings. The Morgan fingerprint density at radius 1 is 1.19 bits per heavy atom. The number of ether oxygens (including phenoxy) is 3. The molecule has 1 N–H and O–H groups in total. The third-order valence-electron chi connectivity index (χ3n) is 3.87. The summed E-state index contributed by atoms with van der Waals surface area (Å²) >= 11 is 6.14. The molecule has 0 bridgehead atoms. The number of hydrogen-bond acceptors (Lipinski definition) is 5. The van der Waals surface area contributed by atoms with Gasteiger partial charge in [-0.15, -0.1) is 0 Å². The Morgan fingerprint density at radius 3 is 2.31 bits per heavy atom. The monoisotopic (exact) mass is 385 g/mol. The van der Waals surface area contributed by atoms with Crippen LogP contribution in [-0.4, -0.2) is 54.0 Å². The molecule has 1 heterocycles. The summed E-state index contributed by atoms with van der Waals surface area (Å²) in [7, 11) is 1.39. The first-order chi connectivity index (χ1) is 12.1. The van der Waals surface area contributed by atoms with Crippen LogP contribution in [0.1, 0.15) is 44.0 Å². The van der Waals surface area contributed by atoms with E-state index in [-0.39, 0.29) is 28.5 Å². The minimum Gasteiger partial charge on any atom is -0.496 e. The minimum atomic E-state index is -1.12.